The monoisotopic (exact) mass is 286 g/mol. The predicted molar refractivity (Wildman–Crippen MR) is 82.7 cm³/mol. The van der Waals surface area contributed by atoms with E-state index in [4.69, 9.17) is 4.74 Å². The number of para-hydroxylation sites is 3. The Hall–Kier alpha value is -2.27. The number of thiazole rings is 1. The summed E-state index contributed by atoms with van der Waals surface area (Å²) in [7, 11) is 1.63. The van der Waals surface area contributed by atoms with Crippen LogP contribution in [0.2, 0.25) is 0 Å². The number of anilines is 1. The lowest BCUT2D eigenvalue weighted by atomic mass is 10.3. The SMILES string of the molecule is COc1ccccc1NCn1c(=O)sc2ccccc21. The van der Waals surface area contributed by atoms with Crippen LogP contribution in [0.1, 0.15) is 0 Å². The maximum atomic E-state index is 12.0. The fourth-order valence-electron chi connectivity index (χ4n) is 2.12. The highest BCUT2D eigenvalue weighted by atomic mass is 32.1. The molecular formula is C15H14N2O2S. The van der Waals surface area contributed by atoms with Crippen molar-refractivity contribution in [3.8, 4) is 5.75 Å². The summed E-state index contributed by atoms with van der Waals surface area (Å²) in [6, 6.07) is 15.5. The highest BCUT2D eigenvalue weighted by Gasteiger charge is 2.07. The summed E-state index contributed by atoms with van der Waals surface area (Å²) >= 11 is 1.26. The number of benzene rings is 2. The normalized spacial score (nSPS) is 10.7. The zero-order chi connectivity index (χ0) is 13.9. The molecule has 1 aromatic heterocycles. The van der Waals surface area contributed by atoms with Crippen LogP contribution in [-0.4, -0.2) is 11.7 Å². The van der Waals surface area contributed by atoms with Crippen molar-refractivity contribution in [3.63, 3.8) is 0 Å². The molecule has 0 aliphatic rings. The molecular weight excluding hydrogens is 272 g/mol. The van der Waals surface area contributed by atoms with Crippen LogP contribution in [0.15, 0.2) is 53.3 Å². The summed E-state index contributed by atoms with van der Waals surface area (Å²) in [5, 5.41) is 3.24. The summed E-state index contributed by atoms with van der Waals surface area (Å²) in [6.45, 7) is 0.420. The van der Waals surface area contributed by atoms with Crippen molar-refractivity contribution in [3.05, 3.63) is 58.2 Å². The number of ether oxygens (including phenoxy) is 1. The highest BCUT2D eigenvalue weighted by Crippen LogP contribution is 2.23. The lowest BCUT2D eigenvalue weighted by Crippen LogP contribution is -2.18. The maximum Gasteiger partial charge on any atom is 0.309 e. The summed E-state index contributed by atoms with van der Waals surface area (Å²) in [4.78, 5) is 12.1. The number of methoxy groups -OCH3 is 1. The second-order valence-corrected chi connectivity index (χ2v) is 5.29. The smallest absolute Gasteiger partial charge is 0.309 e. The van der Waals surface area contributed by atoms with Gasteiger partial charge in [0.25, 0.3) is 0 Å². The van der Waals surface area contributed by atoms with Gasteiger partial charge in [0.1, 0.15) is 5.75 Å². The Kier molecular flexibility index (Phi) is 3.43. The van der Waals surface area contributed by atoms with Gasteiger partial charge in [0.05, 0.1) is 29.7 Å². The lowest BCUT2D eigenvalue weighted by molar-refractivity contribution is 0.416. The van der Waals surface area contributed by atoms with Crippen molar-refractivity contribution in [1.82, 2.24) is 4.57 Å². The molecule has 0 atom stereocenters. The molecule has 3 aromatic rings. The average Bonchev–Trinajstić information content (AvgIpc) is 2.81. The van der Waals surface area contributed by atoms with E-state index in [1.807, 2.05) is 48.5 Å². The average molecular weight is 286 g/mol. The van der Waals surface area contributed by atoms with Crippen molar-refractivity contribution in [2.45, 2.75) is 6.67 Å². The first-order chi connectivity index (χ1) is 9.79. The Morgan fingerprint density at radius 3 is 2.75 bits per heavy atom. The number of aromatic nitrogens is 1. The molecule has 5 heteroatoms. The Labute approximate surface area is 120 Å². The molecule has 0 unspecified atom stereocenters. The van der Waals surface area contributed by atoms with E-state index >= 15 is 0 Å². The Morgan fingerprint density at radius 2 is 1.90 bits per heavy atom. The minimum atomic E-state index is 0.0357. The van der Waals surface area contributed by atoms with Crippen LogP contribution < -0.4 is 14.9 Å². The lowest BCUT2D eigenvalue weighted by Gasteiger charge is -2.11. The number of fused-ring (bicyclic) bond motifs is 1. The number of hydrogen-bond acceptors (Lipinski definition) is 4. The van der Waals surface area contributed by atoms with Gasteiger partial charge in [-0.2, -0.15) is 0 Å². The Bertz CT molecular complexity index is 792. The number of nitrogens with one attached hydrogen (secondary N) is 1. The molecule has 0 spiro atoms. The van der Waals surface area contributed by atoms with E-state index in [0.29, 0.717) is 6.67 Å². The van der Waals surface area contributed by atoms with E-state index in [2.05, 4.69) is 5.32 Å². The molecule has 0 radical (unpaired) electrons. The van der Waals surface area contributed by atoms with Crippen molar-refractivity contribution in [2.24, 2.45) is 0 Å². The summed E-state index contributed by atoms with van der Waals surface area (Å²) in [5.74, 6) is 0.764. The standard InChI is InChI=1S/C15H14N2O2S/c1-19-13-8-4-2-6-11(13)16-10-17-12-7-3-5-9-14(12)20-15(17)18/h2-9,16H,10H2,1H3. The van der Waals surface area contributed by atoms with Crippen LogP contribution in [0.3, 0.4) is 0 Å². The highest BCUT2D eigenvalue weighted by molar-refractivity contribution is 7.16. The fourth-order valence-corrected chi connectivity index (χ4v) is 3.01. The molecule has 0 saturated heterocycles. The molecule has 0 aliphatic carbocycles. The van der Waals surface area contributed by atoms with Crippen molar-refractivity contribution in [1.29, 1.82) is 0 Å². The molecule has 0 saturated carbocycles. The third-order valence-corrected chi connectivity index (χ3v) is 4.07. The van der Waals surface area contributed by atoms with E-state index < -0.39 is 0 Å². The van der Waals surface area contributed by atoms with E-state index in [9.17, 15) is 4.79 Å². The minimum absolute atomic E-state index is 0.0357. The minimum Gasteiger partial charge on any atom is -0.495 e. The van der Waals surface area contributed by atoms with E-state index in [-0.39, 0.29) is 4.87 Å². The Morgan fingerprint density at radius 1 is 1.15 bits per heavy atom. The number of rotatable bonds is 4. The van der Waals surface area contributed by atoms with Gasteiger partial charge >= 0.3 is 4.87 Å². The first-order valence-corrected chi connectivity index (χ1v) is 7.06. The number of hydrogen-bond donors (Lipinski definition) is 1. The third kappa shape index (κ3) is 2.28. The topological polar surface area (TPSA) is 43.3 Å². The molecule has 1 heterocycles. The zero-order valence-electron chi connectivity index (χ0n) is 11.0. The van der Waals surface area contributed by atoms with Crippen molar-refractivity contribution in [2.75, 3.05) is 12.4 Å². The van der Waals surface area contributed by atoms with Crippen molar-refractivity contribution < 1.29 is 4.74 Å². The molecule has 102 valence electrons. The zero-order valence-corrected chi connectivity index (χ0v) is 11.8. The van der Waals surface area contributed by atoms with Gasteiger partial charge in [-0.3, -0.25) is 9.36 Å². The molecule has 0 fully saturated rings. The third-order valence-electron chi connectivity index (χ3n) is 3.11. The van der Waals surface area contributed by atoms with Gasteiger partial charge in [-0.25, -0.2) is 0 Å². The van der Waals surface area contributed by atoms with Crippen LogP contribution in [0, 0.1) is 0 Å². The van der Waals surface area contributed by atoms with Crippen LogP contribution in [-0.2, 0) is 6.67 Å². The summed E-state index contributed by atoms with van der Waals surface area (Å²) < 4.78 is 8.01. The van der Waals surface area contributed by atoms with E-state index in [1.54, 1.807) is 11.7 Å². The van der Waals surface area contributed by atoms with Gasteiger partial charge in [-0.15, -0.1) is 0 Å². The molecule has 1 N–H and O–H groups in total. The number of nitrogens with zero attached hydrogens (tertiary/aromatic N) is 1. The molecule has 2 aromatic carbocycles. The predicted octanol–water partition coefficient (Wildman–Crippen LogP) is 3.14. The maximum absolute atomic E-state index is 12.0. The first-order valence-electron chi connectivity index (χ1n) is 6.25. The molecule has 3 rings (SSSR count). The molecule has 0 amide bonds. The molecule has 4 nitrogen and oxygen atoms in total. The van der Waals surface area contributed by atoms with Crippen LogP contribution in [0.25, 0.3) is 10.2 Å². The van der Waals surface area contributed by atoms with Gasteiger partial charge in [-0.1, -0.05) is 35.6 Å². The van der Waals surface area contributed by atoms with E-state index in [0.717, 1.165) is 21.7 Å². The van der Waals surface area contributed by atoms with Gasteiger partial charge in [0, 0.05) is 0 Å². The van der Waals surface area contributed by atoms with Gasteiger partial charge < -0.3 is 10.1 Å². The molecule has 20 heavy (non-hydrogen) atoms. The molecule has 0 aliphatic heterocycles. The summed E-state index contributed by atoms with van der Waals surface area (Å²) in [6.07, 6.45) is 0. The van der Waals surface area contributed by atoms with Gasteiger partial charge in [0.15, 0.2) is 0 Å². The van der Waals surface area contributed by atoms with Gasteiger partial charge in [0.2, 0.25) is 0 Å². The molecule has 0 bridgehead atoms. The fraction of sp³-hybridized carbons (Fsp3) is 0.133. The van der Waals surface area contributed by atoms with Crippen LogP contribution in [0.5, 0.6) is 5.75 Å². The van der Waals surface area contributed by atoms with Gasteiger partial charge in [-0.05, 0) is 24.3 Å². The van der Waals surface area contributed by atoms with Crippen LogP contribution in [0.4, 0.5) is 5.69 Å². The largest absolute Gasteiger partial charge is 0.495 e. The first kappa shape index (κ1) is 12.7. The van der Waals surface area contributed by atoms with Crippen molar-refractivity contribution >= 4 is 27.2 Å². The second kappa shape index (κ2) is 5.38. The quantitative estimate of drug-likeness (QED) is 0.801. The van der Waals surface area contributed by atoms with Crippen LogP contribution >= 0.6 is 11.3 Å². The van der Waals surface area contributed by atoms with E-state index in [1.165, 1.54) is 11.3 Å². The second-order valence-electron chi connectivity index (χ2n) is 4.30. The Balaban J connectivity index is 1.91. The summed E-state index contributed by atoms with van der Waals surface area (Å²) in [5.41, 5.74) is 1.82.